The number of halogens is 3. The molecule has 3 N–H and O–H groups in total. The van der Waals surface area contributed by atoms with E-state index in [4.69, 9.17) is 4.74 Å². The Morgan fingerprint density at radius 2 is 1.90 bits per heavy atom. The van der Waals surface area contributed by atoms with Crippen LogP contribution < -0.4 is 30.5 Å². The molecular weight excluding hydrogens is 413 g/mol. The van der Waals surface area contributed by atoms with Crippen molar-refractivity contribution in [3.63, 3.8) is 0 Å². The third-order valence-corrected chi connectivity index (χ3v) is 5.40. The number of rotatable bonds is 6. The van der Waals surface area contributed by atoms with Gasteiger partial charge in [0.1, 0.15) is 17.5 Å². The van der Waals surface area contributed by atoms with Crippen molar-refractivity contribution in [1.82, 2.24) is 10.9 Å². The number of hydrogen-bond acceptors (Lipinski definition) is 6. The van der Waals surface area contributed by atoms with Crippen LogP contribution in [0.3, 0.4) is 0 Å². The first-order valence-corrected chi connectivity index (χ1v) is 9.91. The Labute approximate surface area is 177 Å². The summed E-state index contributed by atoms with van der Waals surface area (Å²) in [6, 6.07) is 10.7. The largest absolute Gasteiger partial charge is 0.573 e. The fourth-order valence-corrected chi connectivity index (χ4v) is 3.94. The van der Waals surface area contributed by atoms with Gasteiger partial charge in [-0.1, -0.05) is 12.1 Å². The summed E-state index contributed by atoms with van der Waals surface area (Å²) in [5, 5.41) is 3.01. The van der Waals surface area contributed by atoms with Crippen LogP contribution in [0, 0.1) is 0 Å². The average Bonchev–Trinajstić information content (AvgIpc) is 3.37. The SMILES string of the molecule is COc1cc(N2CCC(Nc3cccc(OC(F)(F)F)c3)C2=O)ccc1C1CNNC1. The number of nitrogens with zero attached hydrogens (tertiary/aromatic N) is 1. The molecule has 4 rings (SSSR count). The van der Waals surface area contributed by atoms with E-state index in [1.54, 1.807) is 18.1 Å². The van der Waals surface area contributed by atoms with Gasteiger partial charge in [-0.25, -0.2) is 0 Å². The molecule has 2 saturated heterocycles. The van der Waals surface area contributed by atoms with Crippen molar-refractivity contribution in [3.05, 3.63) is 48.0 Å². The molecule has 2 aliphatic heterocycles. The number of methoxy groups -OCH3 is 1. The zero-order chi connectivity index (χ0) is 22.0. The molecule has 7 nitrogen and oxygen atoms in total. The minimum Gasteiger partial charge on any atom is -0.496 e. The number of ether oxygens (including phenoxy) is 2. The topological polar surface area (TPSA) is 74.9 Å². The van der Waals surface area contributed by atoms with Crippen molar-refractivity contribution in [2.45, 2.75) is 24.7 Å². The summed E-state index contributed by atoms with van der Waals surface area (Å²) in [4.78, 5) is 14.6. The zero-order valence-electron chi connectivity index (χ0n) is 16.8. The number of alkyl halides is 3. The molecule has 0 radical (unpaired) electrons. The molecule has 2 fully saturated rings. The Kier molecular flexibility index (Phi) is 5.92. The zero-order valence-corrected chi connectivity index (χ0v) is 16.8. The number of anilines is 2. The van der Waals surface area contributed by atoms with Gasteiger partial charge < -0.3 is 19.7 Å². The molecule has 2 aliphatic rings. The van der Waals surface area contributed by atoms with Gasteiger partial charge >= 0.3 is 6.36 Å². The quantitative estimate of drug-likeness (QED) is 0.647. The maximum Gasteiger partial charge on any atom is 0.573 e. The van der Waals surface area contributed by atoms with Crippen molar-refractivity contribution in [2.24, 2.45) is 0 Å². The van der Waals surface area contributed by atoms with E-state index in [2.05, 4.69) is 20.9 Å². The first-order valence-electron chi connectivity index (χ1n) is 9.91. The van der Waals surface area contributed by atoms with Gasteiger partial charge in [0, 0.05) is 49.1 Å². The van der Waals surface area contributed by atoms with E-state index >= 15 is 0 Å². The number of carbonyl (C=O) groups excluding carboxylic acids is 1. The minimum atomic E-state index is -4.77. The lowest BCUT2D eigenvalue weighted by Gasteiger charge is -2.21. The molecular formula is C21H23F3N4O3. The Bertz CT molecular complexity index is 948. The van der Waals surface area contributed by atoms with Crippen LogP contribution in [0.2, 0.25) is 0 Å². The van der Waals surface area contributed by atoms with Gasteiger partial charge in [-0.15, -0.1) is 13.2 Å². The summed E-state index contributed by atoms with van der Waals surface area (Å²) in [5.41, 5.74) is 8.36. The van der Waals surface area contributed by atoms with Crippen LogP contribution in [0.5, 0.6) is 11.5 Å². The van der Waals surface area contributed by atoms with Gasteiger partial charge in [0.05, 0.1) is 7.11 Å². The van der Waals surface area contributed by atoms with Crippen molar-refractivity contribution in [2.75, 3.05) is 37.0 Å². The molecule has 2 heterocycles. The molecule has 0 aromatic heterocycles. The Morgan fingerprint density at radius 1 is 1.13 bits per heavy atom. The van der Waals surface area contributed by atoms with Crippen molar-refractivity contribution in [1.29, 1.82) is 0 Å². The maximum absolute atomic E-state index is 13.0. The lowest BCUT2D eigenvalue weighted by molar-refractivity contribution is -0.274. The number of hydrogen-bond donors (Lipinski definition) is 3. The molecule has 1 amide bonds. The third-order valence-electron chi connectivity index (χ3n) is 5.40. The molecule has 31 heavy (non-hydrogen) atoms. The predicted octanol–water partition coefficient (Wildman–Crippen LogP) is 3.00. The summed E-state index contributed by atoms with van der Waals surface area (Å²) in [5.74, 6) is 0.505. The number of hydrazine groups is 1. The van der Waals surface area contributed by atoms with Gasteiger partial charge in [0.15, 0.2) is 0 Å². The van der Waals surface area contributed by atoms with E-state index in [9.17, 15) is 18.0 Å². The summed E-state index contributed by atoms with van der Waals surface area (Å²) in [6.07, 6.45) is -4.25. The molecule has 0 spiro atoms. The highest BCUT2D eigenvalue weighted by molar-refractivity contribution is 6.01. The van der Waals surface area contributed by atoms with Crippen molar-refractivity contribution < 1.29 is 27.4 Å². The molecule has 0 bridgehead atoms. The molecule has 166 valence electrons. The van der Waals surface area contributed by atoms with Crippen LogP contribution in [-0.4, -0.2) is 45.1 Å². The van der Waals surface area contributed by atoms with Crippen LogP contribution in [0.4, 0.5) is 24.5 Å². The summed E-state index contributed by atoms with van der Waals surface area (Å²) in [7, 11) is 1.60. The van der Waals surface area contributed by atoms with Crippen LogP contribution in [0.1, 0.15) is 17.9 Å². The number of benzene rings is 2. The predicted molar refractivity (Wildman–Crippen MR) is 109 cm³/mol. The van der Waals surface area contributed by atoms with E-state index in [1.807, 2.05) is 18.2 Å². The monoisotopic (exact) mass is 436 g/mol. The fourth-order valence-electron chi connectivity index (χ4n) is 3.94. The third kappa shape index (κ3) is 4.86. The van der Waals surface area contributed by atoms with E-state index < -0.39 is 12.4 Å². The minimum absolute atomic E-state index is 0.152. The van der Waals surface area contributed by atoms with Crippen LogP contribution in [-0.2, 0) is 4.79 Å². The van der Waals surface area contributed by atoms with Crippen LogP contribution >= 0.6 is 0 Å². The Balaban J connectivity index is 1.46. The first-order chi connectivity index (χ1) is 14.8. The van der Waals surface area contributed by atoms with Gasteiger partial charge in [0.2, 0.25) is 5.91 Å². The fraction of sp³-hybridized carbons (Fsp3) is 0.381. The number of amides is 1. The Morgan fingerprint density at radius 3 is 2.61 bits per heavy atom. The van der Waals surface area contributed by atoms with E-state index in [0.29, 0.717) is 24.4 Å². The van der Waals surface area contributed by atoms with E-state index in [0.717, 1.165) is 24.3 Å². The van der Waals surface area contributed by atoms with Crippen LogP contribution in [0.25, 0.3) is 0 Å². The molecule has 0 aliphatic carbocycles. The van der Waals surface area contributed by atoms with Crippen molar-refractivity contribution >= 4 is 17.3 Å². The highest BCUT2D eigenvalue weighted by atomic mass is 19.4. The highest BCUT2D eigenvalue weighted by Gasteiger charge is 2.34. The standard InChI is InChI=1S/C21H23F3N4O3/c1-30-19-10-15(5-6-17(19)13-11-25-26-12-13)28-8-7-18(20(28)29)27-14-3-2-4-16(9-14)31-21(22,23)24/h2-6,9-10,13,18,25-27H,7-8,11-12H2,1H3. The average molecular weight is 436 g/mol. The van der Waals surface area contributed by atoms with Crippen LogP contribution in [0.15, 0.2) is 42.5 Å². The molecule has 1 atom stereocenters. The number of nitrogens with one attached hydrogen (secondary N) is 3. The molecule has 0 saturated carbocycles. The van der Waals surface area contributed by atoms with Gasteiger partial charge in [-0.2, -0.15) is 0 Å². The second-order valence-corrected chi connectivity index (χ2v) is 7.44. The number of carbonyl (C=O) groups is 1. The van der Waals surface area contributed by atoms with Gasteiger partial charge in [0.25, 0.3) is 0 Å². The lowest BCUT2D eigenvalue weighted by Crippen LogP contribution is -2.33. The first kappa shape index (κ1) is 21.3. The Hall–Kier alpha value is -2.98. The summed E-state index contributed by atoms with van der Waals surface area (Å²) in [6.45, 7) is 2.08. The maximum atomic E-state index is 13.0. The molecule has 1 unspecified atom stereocenters. The highest BCUT2D eigenvalue weighted by Crippen LogP contribution is 2.34. The molecule has 2 aromatic rings. The summed E-state index contributed by atoms with van der Waals surface area (Å²) >= 11 is 0. The van der Waals surface area contributed by atoms with Crippen molar-refractivity contribution in [3.8, 4) is 11.5 Å². The van der Waals surface area contributed by atoms with E-state index in [-0.39, 0.29) is 17.6 Å². The summed E-state index contributed by atoms with van der Waals surface area (Å²) < 4.78 is 46.8. The van der Waals surface area contributed by atoms with Gasteiger partial charge in [-0.3, -0.25) is 15.6 Å². The van der Waals surface area contributed by atoms with E-state index in [1.165, 1.54) is 18.2 Å². The second kappa shape index (κ2) is 8.64. The van der Waals surface area contributed by atoms with Gasteiger partial charge in [-0.05, 0) is 30.2 Å². The normalized spacial score (nSPS) is 19.7. The lowest BCUT2D eigenvalue weighted by atomic mass is 9.98. The molecule has 2 aromatic carbocycles. The second-order valence-electron chi connectivity index (χ2n) is 7.44. The molecule has 10 heteroatoms. The smallest absolute Gasteiger partial charge is 0.496 e.